The zero-order chi connectivity index (χ0) is 16.5. The first kappa shape index (κ1) is 17.1. The van der Waals surface area contributed by atoms with E-state index >= 15 is 0 Å². The number of aromatic nitrogens is 4. The molecule has 0 unspecified atom stereocenters. The molecule has 0 saturated heterocycles. The predicted octanol–water partition coefficient (Wildman–Crippen LogP) is 4.98. The number of rotatable bonds is 3. The maximum atomic E-state index is 14.4. The molecule has 0 amide bonds. The molecule has 2 aromatic heterocycles. The summed E-state index contributed by atoms with van der Waals surface area (Å²) in [6.45, 7) is 0. The van der Waals surface area contributed by atoms with E-state index in [9.17, 15) is 4.39 Å². The van der Waals surface area contributed by atoms with Crippen LogP contribution in [0.5, 0.6) is 0 Å². The number of fused-ring (bicyclic) bond motifs is 1. The fraction of sp³-hybridized carbons (Fsp3) is 0. The molecule has 0 saturated carbocycles. The summed E-state index contributed by atoms with van der Waals surface area (Å²) in [4.78, 5) is 8.31. The first-order valence-electron chi connectivity index (χ1n) is 7.18. The van der Waals surface area contributed by atoms with Gasteiger partial charge >= 0.3 is 0 Å². The first-order chi connectivity index (χ1) is 11.7. The van der Waals surface area contributed by atoms with Gasteiger partial charge in [0, 0.05) is 11.3 Å². The average Bonchev–Trinajstić information content (AvgIpc) is 3.08. The maximum Gasteiger partial charge on any atom is 0.159 e. The fourth-order valence-corrected chi connectivity index (χ4v) is 2.71. The van der Waals surface area contributed by atoms with Crippen LogP contribution in [0.1, 0.15) is 0 Å². The van der Waals surface area contributed by atoms with Gasteiger partial charge in [-0.1, -0.05) is 41.9 Å². The summed E-state index contributed by atoms with van der Waals surface area (Å²) >= 11 is 6.06. The van der Waals surface area contributed by atoms with E-state index in [0.717, 1.165) is 5.56 Å². The van der Waals surface area contributed by atoms with Crippen molar-refractivity contribution < 1.29 is 4.39 Å². The average molecular weight is 376 g/mol. The Kier molecular flexibility index (Phi) is 4.83. The van der Waals surface area contributed by atoms with Crippen molar-refractivity contribution in [3.63, 3.8) is 0 Å². The second kappa shape index (κ2) is 7.04. The molecule has 0 fully saturated rings. The number of hydrogen-bond acceptors (Lipinski definition) is 4. The van der Waals surface area contributed by atoms with Crippen molar-refractivity contribution >= 4 is 46.5 Å². The van der Waals surface area contributed by atoms with Gasteiger partial charge < -0.3 is 5.32 Å². The third-order valence-electron chi connectivity index (χ3n) is 3.62. The number of halogens is 3. The van der Waals surface area contributed by atoms with Crippen molar-refractivity contribution in [1.29, 1.82) is 0 Å². The Morgan fingerprint density at radius 3 is 2.68 bits per heavy atom. The van der Waals surface area contributed by atoms with Crippen LogP contribution in [0.4, 0.5) is 15.9 Å². The zero-order valence-electron chi connectivity index (χ0n) is 12.7. The Morgan fingerprint density at radius 1 is 1.08 bits per heavy atom. The molecule has 0 radical (unpaired) electrons. The summed E-state index contributed by atoms with van der Waals surface area (Å²) in [6, 6.07) is 12.4. The van der Waals surface area contributed by atoms with Crippen molar-refractivity contribution in [2.24, 2.45) is 0 Å². The van der Waals surface area contributed by atoms with E-state index in [0.29, 0.717) is 28.1 Å². The van der Waals surface area contributed by atoms with Gasteiger partial charge in [0.05, 0.1) is 11.2 Å². The monoisotopic (exact) mass is 375 g/mol. The number of nitrogens with one attached hydrogen (secondary N) is 2. The lowest BCUT2D eigenvalue weighted by atomic mass is 10.0. The highest BCUT2D eigenvalue weighted by atomic mass is 35.5. The van der Waals surface area contributed by atoms with E-state index in [1.54, 1.807) is 12.3 Å². The smallest absolute Gasteiger partial charge is 0.159 e. The minimum Gasteiger partial charge on any atom is -0.338 e. The maximum absolute atomic E-state index is 14.4. The lowest BCUT2D eigenvalue weighted by Crippen LogP contribution is -1.97. The fourth-order valence-electron chi connectivity index (χ4n) is 2.49. The molecule has 8 heteroatoms. The molecule has 4 aromatic rings. The molecule has 0 aliphatic carbocycles. The van der Waals surface area contributed by atoms with Gasteiger partial charge in [0.25, 0.3) is 0 Å². The van der Waals surface area contributed by atoms with Crippen LogP contribution in [0.3, 0.4) is 0 Å². The Labute approximate surface area is 153 Å². The number of H-pyrrole nitrogens is 1. The minimum absolute atomic E-state index is 0. The van der Waals surface area contributed by atoms with Crippen molar-refractivity contribution in [3.8, 4) is 11.1 Å². The van der Waals surface area contributed by atoms with Gasteiger partial charge in [-0.2, -0.15) is 5.10 Å². The molecule has 126 valence electrons. The van der Waals surface area contributed by atoms with E-state index in [2.05, 4.69) is 25.5 Å². The van der Waals surface area contributed by atoms with Gasteiger partial charge in [0.1, 0.15) is 23.2 Å². The summed E-state index contributed by atoms with van der Waals surface area (Å²) in [5.41, 5.74) is 3.13. The van der Waals surface area contributed by atoms with Crippen molar-refractivity contribution in [3.05, 3.63) is 65.8 Å². The van der Waals surface area contributed by atoms with Crippen LogP contribution in [0.2, 0.25) is 5.02 Å². The Morgan fingerprint density at radius 2 is 1.88 bits per heavy atom. The highest BCUT2D eigenvalue weighted by Gasteiger charge is 2.13. The number of nitrogens with zero attached hydrogens (tertiary/aromatic N) is 3. The molecule has 0 aliphatic rings. The summed E-state index contributed by atoms with van der Waals surface area (Å²) in [6.07, 6.45) is 3.04. The van der Waals surface area contributed by atoms with Crippen LogP contribution in [0.25, 0.3) is 22.2 Å². The molecule has 25 heavy (non-hydrogen) atoms. The Bertz CT molecular complexity index is 1020. The molecular weight excluding hydrogens is 364 g/mol. The van der Waals surface area contributed by atoms with E-state index < -0.39 is 5.82 Å². The molecule has 0 spiro atoms. The molecule has 0 atom stereocenters. The van der Waals surface area contributed by atoms with Crippen molar-refractivity contribution in [1.82, 2.24) is 20.2 Å². The van der Waals surface area contributed by atoms with Gasteiger partial charge in [-0.25, -0.2) is 14.4 Å². The summed E-state index contributed by atoms with van der Waals surface area (Å²) in [5, 5.41) is 9.96. The van der Waals surface area contributed by atoms with Crippen molar-refractivity contribution in [2.45, 2.75) is 0 Å². The summed E-state index contributed by atoms with van der Waals surface area (Å²) < 4.78 is 14.4. The highest BCUT2D eigenvalue weighted by Crippen LogP contribution is 2.33. The van der Waals surface area contributed by atoms with Crippen LogP contribution in [-0.4, -0.2) is 20.2 Å². The number of benzene rings is 2. The highest BCUT2D eigenvalue weighted by molar-refractivity contribution is 6.31. The van der Waals surface area contributed by atoms with Gasteiger partial charge in [0.15, 0.2) is 5.82 Å². The quantitative estimate of drug-likeness (QED) is 0.529. The predicted molar refractivity (Wildman–Crippen MR) is 99.1 cm³/mol. The first-order valence-corrected chi connectivity index (χ1v) is 7.56. The Hall–Kier alpha value is -2.70. The molecule has 2 aromatic carbocycles. The topological polar surface area (TPSA) is 66.5 Å². The van der Waals surface area contributed by atoms with Gasteiger partial charge in [-0.3, -0.25) is 5.10 Å². The zero-order valence-corrected chi connectivity index (χ0v) is 14.3. The van der Waals surface area contributed by atoms with E-state index in [1.165, 1.54) is 12.4 Å². The number of aromatic amines is 1. The van der Waals surface area contributed by atoms with Crippen LogP contribution in [-0.2, 0) is 0 Å². The second-order valence-electron chi connectivity index (χ2n) is 5.16. The van der Waals surface area contributed by atoms with E-state index in [1.807, 2.05) is 30.3 Å². The van der Waals surface area contributed by atoms with Gasteiger partial charge in [-0.15, -0.1) is 12.4 Å². The molecule has 2 N–H and O–H groups in total. The summed E-state index contributed by atoms with van der Waals surface area (Å²) in [5.74, 6) is 0.0852. The minimum atomic E-state index is -0.456. The largest absolute Gasteiger partial charge is 0.338 e. The molecule has 5 nitrogen and oxygen atoms in total. The third-order valence-corrected chi connectivity index (χ3v) is 3.89. The molecule has 0 bridgehead atoms. The van der Waals surface area contributed by atoms with Gasteiger partial charge in [0.2, 0.25) is 0 Å². The lowest BCUT2D eigenvalue weighted by Gasteiger charge is -2.11. The van der Waals surface area contributed by atoms with Crippen LogP contribution >= 0.6 is 24.0 Å². The Balaban J connectivity index is 0.00000182. The van der Waals surface area contributed by atoms with E-state index in [4.69, 9.17) is 11.6 Å². The standard InChI is InChI=1S/C17H11ClFN5.ClH/c18-13-7-11(6-12(15(13)19)10-4-2-1-3-5-10)23-17-16-14(8-22-24-16)20-9-21-17;/h1-9H,(H,22,24)(H,20,21,23);1H. The van der Waals surface area contributed by atoms with E-state index in [-0.39, 0.29) is 17.4 Å². The van der Waals surface area contributed by atoms with Gasteiger partial charge in [-0.05, 0) is 17.7 Å². The molecular formula is C17H12Cl2FN5. The molecule has 0 aliphatic heterocycles. The molecule has 4 rings (SSSR count). The summed E-state index contributed by atoms with van der Waals surface area (Å²) in [7, 11) is 0. The van der Waals surface area contributed by atoms with Crippen LogP contribution < -0.4 is 5.32 Å². The normalized spacial score (nSPS) is 10.5. The lowest BCUT2D eigenvalue weighted by molar-refractivity contribution is 0.632. The SMILES string of the molecule is Cl.Fc1c(Cl)cc(Nc2ncnc3cn[nH]c23)cc1-c1ccccc1. The van der Waals surface area contributed by atoms with Crippen LogP contribution in [0, 0.1) is 5.82 Å². The van der Waals surface area contributed by atoms with Crippen LogP contribution in [0.15, 0.2) is 55.0 Å². The second-order valence-corrected chi connectivity index (χ2v) is 5.57. The third kappa shape index (κ3) is 3.26. The number of hydrogen-bond donors (Lipinski definition) is 2. The number of anilines is 2. The van der Waals surface area contributed by atoms with Crippen molar-refractivity contribution in [2.75, 3.05) is 5.32 Å². The molecule has 2 heterocycles.